The Balaban J connectivity index is 1.73. The molecular weight excluding hydrogens is 300 g/mol. The van der Waals surface area contributed by atoms with Crippen LogP contribution in [0.1, 0.15) is 40.7 Å². The Labute approximate surface area is 133 Å². The van der Waals surface area contributed by atoms with E-state index in [-0.39, 0.29) is 23.6 Å². The Kier molecular flexibility index (Phi) is 4.40. The first-order valence-corrected chi connectivity index (χ1v) is 7.61. The minimum atomic E-state index is -0.173. The van der Waals surface area contributed by atoms with Crippen LogP contribution in [0.3, 0.4) is 0 Å². The van der Waals surface area contributed by atoms with Gasteiger partial charge in [-0.3, -0.25) is 9.59 Å². The summed E-state index contributed by atoms with van der Waals surface area (Å²) in [5.41, 5.74) is 0.582. The molecule has 1 aliphatic heterocycles. The minimum Gasteiger partial charge on any atom is -0.364 e. The summed E-state index contributed by atoms with van der Waals surface area (Å²) >= 11 is 0. The molecule has 0 aliphatic carbocycles. The first-order valence-electron chi connectivity index (χ1n) is 7.61. The highest BCUT2D eigenvalue weighted by Crippen LogP contribution is 2.18. The number of piperazine rings is 1. The third-order valence-corrected chi connectivity index (χ3v) is 3.97. The number of amides is 2. The van der Waals surface area contributed by atoms with Gasteiger partial charge in [-0.05, 0) is 6.42 Å². The van der Waals surface area contributed by atoms with E-state index in [9.17, 15) is 9.59 Å². The standard InChI is InChI=1S/C15H18N4O4/c1-2-3-11-10-18(14(20)12-4-8-22-16-12)6-7-19(11)15(21)13-5-9-23-17-13/h4-5,8-9,11H,2-3,6-7,10H2,1H3/t11-/m1/s1. The summed E-state index contributed by atoms with van der Waals surface area (Å²) < 4.78 is 9.48. The van der Waals surface area contributed by atoms with Crippen LogP contribution in [0.2, 0.25) is 0 Å². The lowest BCUT2D eigenvalue weighted by molar-refractivity contribution is 0.0360. The summed E-state index contributed by atoms with van der Waals surface area (Å²) in [6.45, 7) is 3.44. The highest BCUT2D eigenvalue weighted by molar-refractivity contribution is 5.94. The molecule has 3 heterocycles. The fourth-order valence-corrected chi connectivity index (χ4v) is 2.84. The zero-order chi connectivity index (χ0) is 16.2. The molecular formula is C15H18N4O4. The van der Waals surface area contributed by atoms with Crippen molar-refractivity contribution >= 4 is 11.8 Å². The van der Waals surface area contributed by atoms with Crippen molar-refractivity contribution in [1.29, 1.82) is 0 Å². The van der Waals surface area contributed by atoms with Crippen molar-refractivity contribution in [1.82, 2.24) is 20.1 Å². The van der Waals surface area contributed by atoms with Gasteiger partial charge >= 0.3 is 0 Å². The molecule has 8 heteroatoms. The molecule has 0 spiro atoms. The van der Waals surface area contributed by atoms with Crippen LogP contribution in [-0.4, -0.2) is 57.6 Å². The quantitative estimate of drug-likeness (QED) is 0.846. The van der Waals surface area contributed by atoms with Gasteiger partial charge in [0.1, 0.15) is 12.5 Å². The molecule has 0 N–H and O–H groups in total. The predicted molar refractivity (Wildman–Crippen MR) is 78.6 cm³/mol. The van der Waals surface area contributed by atoms with Gasteiger partial charge in [0.25, 0.3) is 11.8 Å². The van der Waals surface area contributed by atoms with Crippen molar-refractivity contribution in [2.24, 2.45) is 0 Å². The van der Waals surface area contributed by atoms with Gasteiger partial charge in [-0.2, -0.15) is 0 Å². The molecule has 23 heavy (non-hydrogen) atoms. The molecule has 1 fully saturated rings. The maximum Gasteiger partial charge on any atom is 0.276 e. The van der Waals surface area contributed by atoms with Crippen molar-refractivity contribution in [3.05, 3.63) is 36.0 Å². The normalized spacial score (nSPS) is 18.2. The second-order valence-corrected chi connectivity index (χ2v) is 5.46. The largest absolute Gasteiger partial charge is 0.364 e. The van der Waals surface area contributed by atoms with Crippen LogP contribution in [0, 0.1) is 0 Å². The molecule has 0 aromatic carbocycles. The number of rotatable bonds is 4. The minimum absolute atomic E-state index is 0.0474. The second-order valence-electron chi connectivity index (χ2n) is 5.46. The molecule has 2 aromatic rings. The lowest BCUT2D eigenvalue weighted by Crippen LogP contribution is -2.56. The summed E-state index contributed by atoms with van der Waals surface area (Å²) in [7, 11) is 0. The van der Waals surface area contributed by atoms with Gasteiger partial charge in [-0.25, -0.2) is 0 Å². The average Bonchev–Trinajstić information content (AvgIpc) is 3.27. The van der Waals surface area contributed by atoms with E-state index in [1.807, 2.05) is 0 Å². The first kappa shape index (κ1) is 15.3. The van der Waals surface area contributed by atoms with Crippen molar-refractivity contribution in [3.63, 3.8) is 0 Å². The van der Waals surface area contributed by atoms with E-state index in [1.165, 1.54) is 12.5 Å². The van der Waals surface area contributed by atoms with Crippen LogP contribution < -0.4 is 0 Å². The van der Waals surface area contributed by atoms with E-state index in [2.05, 4.69) is 17.2 Å². The third kappa shape index (κ3) is 3.10. The maximum atomic E-state index is 12.5. The second kappa shape index (κ2) is 6.64. The van der Waals surface area contributed by atoms with E-state index in [0.29, 0.717) is 25.3 Å². The van der Waals surface area contributed by atoms with Crippen LogP contribution in [0.5, 0.6) is 0 Å². The van der Waals surface area contributed by atoms with Gasteiger partial charge in [0.05, 0.1) is 0 Å². The van der Waals surface area contributed by atoms with E-state index in [1.54, 1.807) is 21.9 Å². The Hall–Kier alpha value is -2.64. The summed E-state index contributed by atoms with van der Waals surface area (Å²) in [6, 6.07) is 3.05. The van der Waals surface area contributed by atoms with Crippen LogP contribution in [0.4, 0.5) is 0 Å². The fraction of sp³-hybridized carbons (Fsp3) is 0.467. The number of aromatic nitrogens is 2. The lowest BCUT2D eigenvalue weighted by Gasteiger charge is -2.41. The number of hydrogen-bond donors (Lipinski definition) is 0. The maximum absolute atomic E-state index is 12.5. The highest BCUT2D eigenvalue weighted by atomic mass is 16.5. The number of carbonyl (C=O) groups excluding carboxylic acids is 2. The number of nitrogens with zero attached hydrogens (tertiary/aromatic N) is 4. The Bertz CT molecular complexity index is 653. The Morgan fingerprint density at radius 3 is 2.35 bits per heavy atom. The topological polar surface area (TPSA) is 92.7 Å². The van der Waals surface area contributed by atoms with Crippen LogP contribution in [0.15, 0.2) is 33.7 Å². The molecule has 0 bridgehead atoms. The van der Waals surface area contributed by atoms with Gasteiger partial charge < -0.3 is 18.8 Å². The van der Waals surface area contributed by atoms with Gasteiger partial charge in [0.2, 0.25) is 0 Å². The smallest absolute Gasteiger partial charge is 0.276 e. The third-order valence-electron chi connectivity index (χ3n) is 3.97. The van der Waals surface area contributed by atoms with Crippen molar-refractivity contribution < 1.29 is 18.6 Å². The number of carbonyl (C=O) groups is 2. The summed E-state index contributed by atoms with van der Waals surface area (Å²) in [4.78, 5) is 28.4. The van der Waals surface area contributed by atoms with E-state index in [4.69, 9.17) is 9.05 Å². The van der Waals surface area contributed by atoms with Gasteiger partial charge in [0.15, 0.2) is 11.4 Å². The predicted octanol–water partition coefficient (Wildman–Crippen LogP) is 1.43. The molecule has 122 valence electrons. The van der Waals surface area contributed by atoms with E-state index >= 15 is 0 Å². The van der Waals surface area contributed by atoms with Crippen molar-refractivity contribution in [2.75, 3.05) is 19.6 Å². The molecule has 2 amide bonds. The molecule has 0 saturated carbocycles. The molecule has 1 saturated heterocycles. The molecule has 2 aromatic heterocycles. The summed E-state index contributed by atoms with van der Waals surface area (Å²) in [5, 5.41) is 7.40. The van der Waals surface area contributed by atoms with Crippen LogP contribution >= 0.6 is 0 Å². The SMILES string of the molecule is CCC[C@@H]1CN(C(=O)c2ccon2)CCN1C(=O)c1ccon1. The zero-order valence-electron chi connectivity index (χ0n) is 12.8. The van der Waals surface area contributed by atoms with Gasteiger partial charge in [0, 0.05) is 37.8 Å². The lowest BCUT2D eigenvalue weighted by atomic mass is 10.1. The Morgan fingerprint density at radius 1 is 1.13 bits per heavy atom. The molecule has 0 unspecified atom stereocenters. The fourth-order valence-electron chi connectivity index (χ4n) is 2.84. The summed E-state index contributed by atoms with van der Waals surface area (Å²) in [6.07, 6.45) is 4.49. The average molecular weight is 318 g/mol. The van der Waals surface area contributed by atoms with E-state index < -0.39 is 0 Å². The van der Waals surface area contributed by atoms with Gasteiger partial charge in [-0.1, -0.05) is 23.7 Å². The van der Waals surface area contributed by atoms with E-state index in [0.717, 1.165) is 12.8 Å². The van der Waals surface area contributed by atoms with Crippen molar-refractivity contribution in [2.45, 2.75) is 25.8 Å². The molecule has 0 radical (unpaired) electrons. The molecule has 3 rings (SSSR count). The zero-order valence-corrected chi connectivity index (χ0v) is 12.8. The summed E-state index contributed by atoms with van der Waals surface area (Å²) in [5.74, 6) is -0.334. The first-order chi connectivity index (χ1) is 11.2. The number of hydrogen-bond acceptors (Lipinski definition) is 6. The molecule has 1 aliphatic rings. The van der Waals surface area contributed by atoms with Crippen LogP contribution in [0.25, 0.3) is 0 Å². The van der Waals surface area contributed by atoms with Crippen LogP contribution in [-0.2, 0) is 0 Å². The van der Waals surface area contributed by atoms with Gasteiger partial charge in [-0.15, -0.1) is 0 Å². The Morgan fingerprint density at radius 2 is 1.78 bits per heavy atom. The molecule has 1 atom stereocenters. The monoisotopic (exact) mass is 318 g/mol. The van der Waals surface area contributed by atoms with Crippen molar-refractivity contribution in [3.8, 4) is 0 Å². The highest BCUT2D eigenvalue weighted by Gasteiger charge is 2.34. The molecule has 8 nitrogen and oxygen atoms in total.